The predicted molar refractivity (Wildman–Crippen MR) is 171 cm³/mol. The molecule has 0 saturated carbocycles. The van der Waals surface area contributed by atoms with E-state index in [0.29, 0.717) is 0 Å². The van der Waals surface area contributed by atoms with Crippen LogP contribution in [0.1, 0.15) is 52.9 Å². The first-order chi connectivity index (χ1) is 19.1. The molecule has 0 unspecified atom stereocenters. The number of hydrogen-bond acceptors (Lipinski definition) is 2. The molecule has 6 rings (SSSR count). The third-order valence-electron chi connectivity index (χ3n) is 7.63. The molecule has 4 aromatic carbocycles. The van der Waals surface area contributed by atoms with Crippen molar-refractivity contribution in [3.8, 4) is 33.4 Å². The zero-order valence-corrected chi connectivity index (χ0v) is 24.3. The lowest BCUT2D eigenvalue weighted by molar-refractivity contribution is 0.570. The van der Waals surface area contributed by atoms with E-state index in [1.165, 1.54) is 33.4 Å². The monoisotopic (exact) mass is 520 g/mol. The van der Waals surface area contributed by atoms with E-state index in [1.807, 2.05) is 0 Å². The number of pyridine rings is 2. The van der Waals surface area contributed by atoms with Crippen LogP contribution in [-0.4, -0.2) is 9.97 Å². The Morgan fingerprint density at radius 3 is 1.48 bits per heavy atom. The van der Waals surface area contributed by atoms with Crippen molar-refractivity contribution in [1.82, 2.24) is 9.97 Å². The molecule has 6 aromatic rings. The van der Waals surface area contributed by atoms with Gasteiger partial charge >= 0.3 is 0 Å². The molecule has 0 saturated heterocycles. The van der Waals surface area contributed by atoms with Crippen LogP contribution in [0, 0.1) is 0 Å². The summed E-state index contributed by atoms with van der Waals surface area (Å²) >= 11 is 0. The third kappa shape index (κ3) is 4.91. The SMILES string of the molecule is CC(C)(C)c1ccc2ccc3c(-c4cc(-c5ccccc5)cc(-c5ccccc5)c4)cc(C(C)(C)C)nc3c2n1. The van der Waals surface area contributed by atoms with Crippen molar-refractivity contribution in [3.63, 3.8) is 0 Å². The molecular weight excluding hydrogens is 484 g/mol. The molecular formula is C38H36N2. The molecule has 2 aromatic heterocycles. The minimum atomic E-state index is -0.119. The highest BCUT2D eigenvalue weighted by Crippen LogP contribution is 2.39. The smallest absolute Gasteiger partial charge is 0.0974 e. The van der Waals surface area contributed by atoms with Crippen LogP contribution in [-0.2, 0) is 10.8 Å². The quantitative estimate of drug-likeness (QED) is 0.217. The van der Waals surface area contributed by atoms with Crippen molar-refractivity contribution in [2.45, 2.75) is 52.4 Å². The van der Waals surface area contributed by atoms with Crippen LogP contribution in [0.15, 0.2) is 109 Å². The fourth-order valence-electron chi connectivity index (χ4n) is 5.29. The van der Waals surface area contributed by atoms with Gasteiger partial charge in [0, 0.05) is 33.0 Å². The fraction of sp³-hybridized carbons (Fsp3) is 0.211. The molecule has 0 bridgehead atoms. The summed E-state index contributed by atoms with van der Waals surface area (Å²) in [4.78, 5) is 10.5. The molecule has 0 amide bonds. The Balaban J connectivity index is 1.69. The zero-order chi connectivity index (χ0) is 28.1. The minimum Gasteiger partial charge on any atom is -0.250 e. The van der Waals surface area contributed by atoms with Crippen molar-refractivity contribution < 1.29 is 0 Å². The van der Waals surface area contributed by atoms with E-state index in [1.54, 1.807) is 0 Å². The second kappa shape index (κ2) is 9.71. The molecule has 2 heteroatoms. The van der Waals surface area contributed by atoms with Crippen molar-refractivity contribution >= 4 is 21.8 Å². The Morgan fingerprint density at radius 1 is 0.425 bits per heavy atom. The first-order valence-corrected chi connectivity index (χ1v) is 14.1. The lowest BCUT2D eigenvalue weighted by Crippen LogP contribution is -2.15. The second-order valence-corrected chi connectivity index (χ2v) is 12.8. The topological polar surface area (TPSA) is 25.8 Å². The van der Waals surface area contributed by atoms with Gasteiger partial charge in [-0.3, -0.25) is 0 Å². The molecule has 0 aliphatic heterocycles. The maximum absolute atomic E-state index is 5.28. The van der Waals surface area contributed by atoms with Gasteiger partial charge in [-0.15, -0.1) is 0 Å². The molecule has 0 fully saturated rings. The maximum Gasteiger partial charge on any atom is 0.0974 e. The summed E-state index contributed by atoms with van der Waals surface area (Å²) in [6.45, 7) is 13.4. The van der Waals surface area contributed by atoms with Gasteiger partial charge in [-0.2, -0.15) is 0 Å². The van der Waals surface area contributed by atoms with E-state index in [9.17, 15) is 0 Å². The van der Waals surface area contributed by atoms with Gasteiger partial charge in [0.1, 0.15) is 0 Å². The van der Waals surface area contributed by atoms with E-state index in [0.717, 1.165) is 33.2 Å². The molecule has 0 atom stereocenters. The standard InChI is InChI=1S/C38H36N2/c1-37(2,3)33-20-18-27-17-19-31-32(24-34(38(4,5)6)40-36(31)35(27)39-33)30-22-28(25-13-9-7-10-14-25)21-29(23-30)26-15-11-8-12-16-26/h7-24H,1-6H3. The highest BCUT2D eigenvalue weighted by atomic mass is 14.8. The molecule has 2 heterocycles. The number of hydrogen-bond donors (Lipinski definition) is 0. The van der Waals surface area contributed by atoms with E-state index >= 15 is 0 Å². The molecule has 2 nitrogen and oxygen atoms in total. The van der Waals surface area contributed by atoms with Crippen LogP contribution in [0.25, 0.3) is 55.2 Å². The van der Waals surface area contributed by atoms with Crippen LogP contribution in [0.4, 0.5) is 0 Å². The van der Waals surface area contributed by atoms with Crippen molar-refractivity contribution in [2.24, 2.45) is 0 Å². The number of fused-ring (bicyclic) bond motifs is 3. The average molecular weight is 521 g/mol. The number of aromatic nitrogens is 2. The predicted octanol–water partition coefficient (Wildman–Crippen LogP) is 10.4. The van der Waals surface area contributed by atoms with Gasteiger partial charge < -0.3 is 0 Å². The van der Waals surface area contributed by atoms with E-state index in [-0.39, 0.29) is 10.8 Å². The molecule has 0 N–H and O–H groups in total. The molecule has 0 aliphatic rings. The highest BCUT2D eigenvalue weighted by Gasteiger charge is 2.22. The summed E-state index contributed by atoms with van der Waals surface area (Å²) in [6.07, 6.45) is 0. The van der Waals surface area contributed by atoms with Gasteiger partial charge in [0.05, 0.1) is 11.0 Å². The number of rotatable bonds is 3. The van der Waals surface area contributed by atoms with Gasteiger partial charge in [-0.1, -0.05) is 120 Å². The number of benzene rings is 4. The fourth-order valence-corrected chi connectivity index (χ4v) is 5.29. The van der Waals surface area contributed by atoms with Crippen molar-refractivity contribution in [1.29, 1.82) is 0 Å². The summed E-state index contributed by atoms with van der Waals surface area (Å²) < 4.78 is 0. The van der Waals surface area contributed by atoms with Crippen molar-refractivity contribution in [2.75, 3.05) is 0 Å². The van der Waals surface area contributed by atoms with Crippen LogP contribution in [0.2, 0.25) is 0 Å². The second-order valence-electron chi connectivity index (χ2n) is 12.8. The zero-order valence-electron chi connectivity index (χ0n) is 24.3. The van der Waals surface area contributed by atoms with Gasteiger partial charge in [0.15, 0.2) is 0 Å². The Bertz CT molecular complexity index is 1780. The number of nitrogens with zero attached hydrogens (tertiary/aromatic N) is 2. The van der Waals surface area contributed by atoms with Crippen LogP contribution >= 0.6 is 0 Å². The van der Waals surface area contributed by atoms with Gasteiger partial charge in [-0.25, -0.2) is 9.97 Å². The Labute approximate surface area is 237 Å². The summed E-state index contributed by atoms with van der Waals surface area (Å²) in [7, 11) is 0. The Morgan fingerprint density at radius 2 is 0.925 bits per heavy atom. The maximum atomic E-state index is 5.28. The molecule has 198 valence electrons. The van der Waals surface area contributed by atoms with Gasteiger partial charge in [-0.05, 0) is 63.7 Å². The normalized spacial score (nSPS) is 12.2. The minimum absolute atomic E-state index is 0.0462. The van der Waals surface area contributed by atoms with E-state index in [2.05, 4.69) is 151 Å². The first kappa shape index (κ1) is 26.0. The van der Waals surface area contributed by atoms with Gasteiger partial charge in [0.2, 0.25) is 0 Å². The molecule has 40 heavy (non-hydrogen) atoms. The van der Waals surface area contributed by atoms with Gasteiger partial charge in [0.25, 0.3) is 0 Å². The lowest BCUT2D eigenvalue weighted by atomic mass is 9.86. The van der Waals surface area contributed by atoms with E-state index in [4.69, 9.17) is 9.97 Å². The summed E-state index contributed by atoms with van der Waals surface area (Å²) in [5.74, 6) is 0. The Kier molecular flexibility index (Phi) is 6.30. The average Bonchev–Trinajstić information content (AvgIpc) is 2.96. The van der Waals surface area contributed by atoms with E-state index < -0.39 is 0 Å². The third-order valence-corrected chi connectivity index (χ3v) is 7.63. The summed E-state index contributed by atoms with van der Waals surface area (Å²) in [6, 6.07) is 39.3. The molecule has 0 radical (unpaired) electrons. The largest absolute Gasteiger partial charge is 0.250 e. The summed E-state index contributed by atoms with van der Waals surface area (Å²) in [5, 5.41) is 2.25. The highest BCUT2D eigenvalue weighted by molar-refractivity contribution is 6.08. The first-order valence-electron chi connectivity index (χ1n) is 14.1. The summed E-state index contributed by atoms with van der Waals surface area (Å²) in [5.41, 5.74) is 11.1. The Hall–Kier alpha value is -4.30. The van der Waals surface area contributed by atoms with Crippen LogP contribution in [0.3, 0.4) is 0 Å². The van der Waals surface area contributed by atoms with Crippen LogP contribution < -0.4 is 0 Å². The van der Waals surface area contributed by atoms with Crippen molar-refractivity contribution in [3.05, 3.63) is 121 Å². The molecule has 0 aliphatic carbocycles. The lowest BCUT2D eigenvalue weighted by Gasteiger charge is -2.22. The molecule has 0 spiro atoms. The van der Waals surface area contributed by atoms with Crippen LogP contribution in [0.5, 0.6) is 0 Å².